The summed E-state index contributed by atoms with van der Waals surface area (Å²) in [7, 11) is 0. The van der Waals surface area contributed by atoms with Crippen LogP contribution in [0.2, 0.25) is 0 Å². The van der Waals surface area contributed by atoms with E-state index in [1.807, 2.05) is 0 Å². The fourth-order valence-corrected chi connectivity index (χ4v) is 1.68. The summed E-state index contributed by atoms with van der Waals surface area (Å²) in [5.41, 5.74) is 0.369. The first-order valence-electron chi connectivity index (χ1n) is 4.64. The topological polar surface area (TPSA) is 43.4 Å². The molecule has 0 saturated carbocycles. The van der Waals surface area contributed by atoms with Crippen molar-refractivity contribution in [3.63, 3.8) is 0 Å². The lowest BCUT2D eigenvalue weighted by Gasteiger charge is -2.27. The van der Waals surface area contributed by atoms with E-state index in [0.29, 0.717) is 5.56 Å². The van der Waals surface area contributed by atoms with Crippen molar-refractivity contribution in [3.05, 3.63) is 29.8 Å². The van der Waals surface area contributed by atoms with Crippen molar-refractivity contribution in [2.75, 3.05) is 0 Å². The number of hydrogen-bond acceptors (Lipinski definition) is 3. The van der Waals surface area contributed by atoms with Crippen molar-refractivity contribution >= 4 is 23.4 Å². The highest BCUT2D eigenvalue weighted by molar-refractivity contribution is 6.49. The Kier molecular flexibility index (Phi) is 2.27. The van der Waals surface area contributed by atoms with Gasteiger partial charge in [-0.1, -0.05) is 30.7 Å². The summed E-state index contributed by atoms with van der Waals surface area (Å²) < 4.78 is 5.02. The number of carbonyl (C=O) groups excluding carboxylic acids is 2. The molecule has 0 bridgehead atoms. The molecular weight excluding hydrogens is 216 g/mol. The monoisotopic (exact) mass is 224 g/mol. The van der Waals surface area contributed by atoms with Crippen LogP contribution in [0.3, 0.4) is 0 Å². The third-order valence-electron chi connectivity index (χ3n) is 2.50. The molecule has 0 amide bonds. The van der Waals surface area contributed by atoms with Gasteiger partial charge in [0.25, 0.3) is 0 Å². The molecule has 1 aliphatic heterocycles. The second-order valence-electron chi connectivity index (χ2n) is 3.37. The van der Waals surface area contributed by atoms with Crippen LogP contribution in [-0.4, -0.2) is 16.6 Å². The van der Waals surface area contributed by atoms with Crippen molar-refractivity contribution in [1.29, 1.82) is 0 Å². The van der Waals surface area contributed by atoms with Crippen molar-refractivity contribution < 1.29 is 14.3 Å². The Morgan fingerprint density at radius 1 is 1.33 bits per heavy atom. The molecule has 0 aliphatic carbocycles. The second kappa shape index (κ2) is 3.35. The number of Topliss-reactive ketones (excluding diaryl/α,β-unsaturated/α-hetero) is 1. The number of rotatable bonds is 1. The van der Waals surface area contributed by atoms with Crippen molar-refractivity contribution in [2.45, 2.75) is 18.2 Å². The Bertz CT molecular complexity index is 441. The quantitative estimate of drug-likeness (QED) is 0.318. The van der Waals surface area contributed by atoms with E-state index in [0.717, 1.165) is 0 Å². The molecular formula is C11H9ClO3. The van der Waals surface area contributed by atoms with E-state index >= 15 is 0 Å². The van der Waals surface area contributed by atoms with E-state index in [1.54, 1.807) is 31.2 Å². The van der Waals surface area contributed by atoms with Crippen LogP contribution in [0.1, 0.15) is 23.7 Å². The van der Waals surface area contributed by atoms with Crippen molar-refractivity contribution in [1.82, 2.24) is 0 Å². The van der Waals surface area contributed by atoms with E-state index in [-0.39, 0.29) is 18.0 Å². The summed E-state index contributed by atoms with van der Waals surface area (Å²) in [6, 6.07) is 6.60. The molecule has 0 fully saturated rings. The Morgan fingerprint density at radius 2 is 2.00 bits per heavy atom. The van der Waals surface area contributed by atoms with Gasteiger partial charge in [0.1, 0.15) is 5.75 Å². The smallest absolute Gasteiger partial charge is 0.340 e. The van der Waals surface area contributed by atoms with Gasteiger partial charge >= 0.3 is 5.97 Å². The summed E-state index contributed by atoms with van der Waals surface area (Å²) in [6.45, 7) is 1.68. The minimum absolute atomic E-state index is 0.223. The van der Waals surface area contributed by atoms with E-state index in [4.69, 9.17) is 16.3 Å². The molecule has 3 nitrogen and oxygen atoms in total. The lowest BCUT2D eigenvalue weighted by molar-refractivity contribution is -0.136. The van der Waals surface area contributed by atoms with Crippen molar-refractivity contribution in [2.24, 2.45) is 0 Å². The third kappa shape index (κ3) is 1.35. The second-order valence-corrected chi connectivity index (χ2v) is 4.01. The van der Waals surface area contributed by atoms with Gasteiger partial charge in [-0.2, -0.15) is 0 Å². The molecule has 1 aromatic carbocycles. The molecule has 1 aliphatic rings. The third-order valence-corrected chi connectivity index (χ3v) is 3.10. The van der Waals surface area contributed by atoms with Gasteiger partial charge in [-0.15, -0.1) is 0 Å². The lowest BCUT2D eigenvalue weighted by atomic mass is 9.91. The molecule has 78 valence electrons. The number of para-hydroxylation sites is 1. The van der Waals surface area contributed by atoms with Crippen LogP contribution in [0.4, 0.5) is 0 Å². The fourth-order valence-electron chi connectivity index (χ4n) is 1.54. The summed E-state index contributed by atoms with van der Waals surface area (Å²) in [5, 5.41) is 0. The summed E-state index contributed by atoms with van der Waals surface area (Å²) in [6.07, 6.45) is 0.223. The first kappa shape index (κ1) is 10.2. The van der Waals surface area contributed by atoms with Gasteiger partial charge in [0, 0.05) is 0 Å². The highest BCUT2D eigenvalue weighted by Crippen LogP contribution is 2.35. The summed E-state index contributed by atoms with van der Waals surface area (Å²) >= 11 is 5.96. The van der Waals surface area contributed by atoms with Gasteiger partial charge < -0.3 is 4.74 Å². The van der Waals surface area contributed by atoms with Crippen LogP contribution in [0.25, 0.3) is 0 Å². The molecule has 1 heterocycles. The van der Waals surface area contributed by atoms with Gasteiger partial charge in [0.15, 0.2) is 5.78 Å². The molecule has 15 heavy (non-hydrogen) atoms. The normalized spacial score (nSPS) is 24.7. The standard InChI is InChI=1S/C11H9ClO3/c1-2-11(12)9(13)7-5-3-4-6-8(7)15-10(11)14/h3-6H,2H2,1H3. The lowest BCUT2D eigenvalue weighted by Crippen LogP contribution is -2.47. The number of alkyl halides is 1. The number of ketones is 1. The Morgan fingerprint density at radius 3 is 2.67 bits per heavy atom. The molecule has 1 unspecified atom stereocenters. The maximum Gasteiger partial charge on any atom is 0.340 e. The van der Waals surface area contributed by atoms with E-state index < -0.39 is 10.8 Å². The average Bonchev–Trinajstić information content (AvgIpc) is 2.26. The van der Waals surface area contributed by atoms with Gasteiger partial charge in [-0.05, 0) is 18.6 Å². The predicted molar refractivity (Wildman–Crippen MR) is 55.3 cm³/mol. The minimum atomic E-state index is -1.55. The number of fused-ring (bicyclic) bond motifs is 1. The number of carbonyl (C=O) groups is 2. The van der Waals surface area contributed by atoms with Gasteiger partial charge in [0.2, 0.25) is 4.87 Å². The molecule has 0 saturated heterocycles. The number of ether oxygens (including phenoxy) is 1. The summed E-state index contributed by atoms with van der Waals surface area (Å²) in [5.74, 6) is -0.772. The summed E-state index contributed by atoms with van der Waals surface area (Å²) in [4.78, 5) is 21.9. The van der Waals surface area contributed by atoms with E-state index in [1.165, 1.54) is 0 Å². The zero-order valence-electron chi connectivity index (χ0n) is 8.12. The highest BCUT2D eigenvalue weighted by Gasteiger charge is 2.48. The van der Waals surface area contributed by atoms with Crippen LogP contribution in [-0.2, 0) is 4.79 Å². The Labute approximate surface area is 92.0 Å². The fraction of sp³-hybridized carbons (Fsp3) is 0.273. The maximum atomic E-state index is 11.9. The first-order valence-corrected chi connectivity index (χ1v) is 5.02. The Hall–Kier alpha value is -1.35. The van der Waals surface area contributed by atoms with Crippen LogP contribution in [0.15, 0.2) is 24.3 Å². The average molecular weight is 225 g/mol. The molecule has 0 spiro atoms. The number of hydrogen-bond donors (Lipinski definition) is 0. The van der Waals surface area contributed by atoms with Crippen LogP contribution in [0, 0.1) is 0 Å². The molecule has 4 heteroatoms. The molecule has 1 aromatic rings. The van der Waals surface area contributed by atoms with Crippen LogP contribution in [0.5, 0.6) is 5.75 Å². The largest absolute Gasteiger partial charge is 0.424 e. The molecule has 0 radical (unpaired) electrons. The predicted octanol–water partition coefficient (Wildman–Crippen LogP) is 2.18. The van der Waals surface area contributed by atoms with Gasteiger partial charge in [-0.25, -0.2) is 4.79 Å². The maximum absolute atomic E-state index is 11.9. The van der Waals surface area contributed by atoms with E-state index in [2.05, 4.69) is 0 Å². The Balaban J connectivity index is 2.57. The van der Waals surface area contributed by atoms with Gasteiger partial charge in [0.05, 0.1) is 5.56 Å². The van der Waals surface area contributed by atoms with Crippen LogP contribution >= 0.6 is 11.6 Å². The number of esters is 1. The molecule has 0 N–H and O–H groups in total. The number of benzene rings is 1. The zero-order valence-corrected chi connectivity index (χ0v) is 8.88. The SMILES string of the molecule is CCC1(Cl)C(=O)Oc2ccccc2C1=O. The van der Waals surface area contributed by atoms with Gasteiger partial charge in [-0.3, -0.25) is 4.79 Å². The molecule has 1 atom stereocenters. The molecule has 0 aromatic heterocycles. The zero-order chi connectivity index (χ0) is 11.1. The first-order chi connectivity index (χ1) is 7.09. The number of halogens is 1. The highest BCUT2D eigenvalue weighted by atomic mass is 35.5. The molecule has 2 rings (SSSR count). The van der Waals surface area contributed by atoms with E-state index in [9.17, 15) is 9.59 Å². The van der Waals surface area contributed by atoms with Crippen LogP contribution < -0.4 is 4.74 Å². The minimum Gasteiger partial charge on any atom is -0.424 e. The van der Waals surface area contributed by atoms with Crippen molar-refractivity contribution in [3.8, 4) is 5.75 Å².